The Kier molecular flexibility index (Phi) is 2.36. The predicted molar refractivity (Wildman–Crippen MR) is 39.6 cm³/mol. The van der Waals surface area contributed by atoms with Gasteiger partial charge in [-0.25, -0.2) is 9.37 Å². The number of nitrogens with zero attached hydrogens (tertiary/aromatic N) is 1. The molecule has 0 N–H and O–H groups in total. The fraction of sp³-hybridized carbons (Fsp3) is 0. The molecule has 0 radical (unpaired) electrons. The van der Waals surface area contributed by atoms with Gasteiger partial charge in [0.1, 0.15) is 4.60 Å². The van der Waals surface area contributed by atoms with E-state index in [1.54, 1.807) is 0 Å². The van der Waals surface area contributed by atoms with Gasteiger partial charge in [0.15, 0.2) is 5.82 Å². The van der Waals surface area contributed by atoms with Crippen LogP contribution in [0.15, 0.2) is 15.1 Å². The van der Waals surface area contributed by atoms with Crippen molar-refractivity contribution in [3.63, 3.8) is 0 Å². The van der Waals surface area contributed by atoms with Gasteiger partial charge < -0.3 is 0 Å². The first-order chi connectivity index (χ1) is 4.61. The number of aromatic nitrogens is 1. The summed E-state index contributed by atoms with van der Waals surface area (Å²) in [7, 11) is 0. The Morgan fingerprint density at radius 3 is 2.40 bits per heavy atom. The Morgan fingerprint density at radius 1 is 1.30 bits per heavy atom. The Morgan fingerprint density at radius 2 is 1.90 bits per heavy atom. The van der Waals surface area contributed by atoms with Gasteiger partial charge in [0, 0.05) is 0 Å². The second-order valence-corrected chi connectivity index (χ2v) is 3.14. The fourth-order valence-electron chi connectivity index (χ4n) is 0.423. The molecular weight excluding hydrogens is 272 g/mol. The molecule has 10 heavy (non-hydrogen) atoms. The highest BCUT2D eigenvalue weighted by atomic mass is 79.9. The molecule has 0 bridgehead atoms. The highest BCUT2D eigenvalue weighted by Crippen LogP contribution is 2.21. The van der Waals surface area contributed by atoms with E-state index in [0.29, 0.717) is 4.47 Å². The summed E-state index contributed by atoms with van der Waals surface area (Å²) in [4.78, 5) is 3.20. The number of hydrogen-bond acceptors (Lipinski definition) is 1. The Bertz CT molecular complexity index is 214. The maximum Gasteiger partial charge on any atom is 0.250 e. The molecule has 1 heterocycles. The first-order valence-electron chi connectivity index (χ1n) is 2.28. The van der Waals surface area contributed by atoms with Gasteiger partial charge in [-0.05, 0) is 37.9 Å². The van der Waals surface area contributed by atoms with E-state index in [9.17, 15) is 8.78 Å². The minimum absolute atomic E-state index is 0.256. The van der Waals surface area contributed by atoms with Crippen LogP contribution in [0.2, 0.25) is 0 Å². The van der Waals surface area contributed by atoms with Crippen molar-refractivity contribution in [2.24, 2.45) is 0 Å². The van der Waals surface area contributed by atoms with E-state index < -0.39 is 11.8 Å². The van der Waals surface area contributed by atoms with Crippen LogP contribution in [0.4, 0.5) is 8.78 Å². The topological polar surface area (TPSA) is 12.9 Å². The first kappa shape index (κ1) is 8.07. The quantitative estimate of drug-likeness (QED) is 0.662. The predicted octanol–water partition coefficient (Wildman–Crippen LogP) is 2.88. The smallest absolute Gasteiger partial charge is 0.209 e. The van der Waals surface area contributed by atoms with Crippen molar-refractivity contribution >= 4 is 31.9 Å². The summed E-state index contributed by atoms with van der Waals surface area (Å²) < 4.78 is 25.1. The molecule has 0 saturated heterocycles. The minimum atomic E-state index is -1.10. The molecule has 1 aromatic rings. The standard InChI is InChI=1S/C5HBr2F2N/c6-2-1-3(8)5(9)10-4(2)7/h1H. The average molecular weight is 273 g/mol. The molecule has 1 aromatic heterocycles. The summed E-state index contributed by atoms with van der Waals surface area (Å²) in [6.07, 6.45) is 0. The maximum absolute atomic E-state index is 12.3. The molecule has 0 aromatic carbocycles. The van der Waals surface area contributed by atoms with Crippen LogP contribution in [-0.2, 0) is 0 Å². The van der Waals surface area contributed by atoms with Gasteiger partial charge in [0.05, 0.1) is 4.47 Å². The second-order valence-electron chi connectivity index (χ2n) is 1.53. The molecule has 0 aliphatic heterocycles. The minimum Gasteiger partial charge on any atom is -0.209 e. The first-order valence-corrected chi connectivity index (χ1v) is 3.87. The van der Waals surface area contributed by atoms with Gasteiger partial charge >= 0.3 is 0 Å². The fourth-order valence-corrected chi connectivity index (χ4v) is 0.983. The summed E-state index contributed by atoms with van der Waals surface area (Å²) in [6.45, 7) is 0. The molecule has 0 fully saturated rings. The summed E-state index contributed by atoms with van der Waals surface area (Å²) in [5.41, 5.74) is 0. The zero-order valence-electron chi connectivity index (χ0n) is 4.54. The van der Waals surface area contributed by atoms with Gasteiger partial charge in [-0.15, -0.1) is 0 Å². The van der Waals surface area contributed by atoms with Crippen LogP contribution in [0.25, 0.3) is 0 Å². The third kappa shape index (κ3) is 1.52. The normalized spacial score (nSPS) is 10.0. The van der Waals surface area contributed by atoms with Crippen LogP contribution in [0.3, 0.4) is 0 Å². The molecule has 5 heteroatoms. The summed E-state index contributed by atoms with van der Waals surface area (Å²) in [6, 6.07) is 1.01. The van der Waals surface area contributed by atoms with Crippen LogP contribution in [0.5, 0.6) is 0 Å². The average Bonchev–Trinajstić information content (AvgIpc) is 1.84. The molecule has 0 amide bonds. The zero-order valence-corrected chi connectivity index (χ0v) is 7.71. The van der Waals surface area contributed by atoms with Crippen LogP contribution in [0.1, 0.15) is 0 Å². The van der Waals surface area contributed by atoms with Crippen molar-refractivity contribution in [1.82, 2.24) is 4.98 Å². The summed E-state index contributed by atoms with van der Waals surface area (Å²) >= 11 is 5.88. The van der Waals surface area contributed by atoms with Crippen LogP contribution in [0, 0.1) is 11.8 Å². The Balaban J connectivity index is 3.28. The number of hydrogen-bond donors (Lipinski definition) is 0. The van der Waals surface area contributed by atoms with Crippen molar-refractivity contribution in [1.29, 1.82) is 0 Å². The third-order valence-corrected chi connectivity index (χ3v) is 2.58. The molecule has 0 saturated carbocycles. The van der Waals surface area contributed by atoms with Gasteiger partial charge in [-0.1, -0.05) is 0 Å². The Hall–Kier alpha value is -0.0300. The maximum atomic E-state index is 12.3. The summed E-state index contributed by atoms with van der Waals surface area (Å²) in [5.74, 6) is -2.06. The van der Waals surface area contributed by atoms with Crippen LogP contribution >= 0.6 is 31.9 Å². The lowest BCUT2D eigenvalue weighted by molar-refractivity contribution is 0.476. The van der Waals surface area contributed by atoms with Crippen LogP contribution in [-0.4, -0.2) is 4.98 Å². The number of rotatable bonds is 0. The molecule has 1 nitrogen and oxygen atoms in total. The summed E-state index contributed by atoms with van der Waals surface area (Å²) in [5, 5.41) is 0. The highest BCUT2D eigenvalue weighted by molar-refractivity contribution is 9.13. The van der Waals surface area contributed by atoms with Crippen molar-refractivity contribution in [3.05, 3.63) is 26.9 Å². The molecule has 1 rings (SSSR count). The third-order valence-electron chi connectivity index (χ3n) is 0.844. The number of pyridine rings is 1. The zero-order chi connectivity index (χ0) is 7.72. The molecule has 0 atom stereocenters. The lowest BCUT2D eigenvalue weighted by Gasteiger charge is -1.94. The largest absolute Gasteiger partial charge is 0.250 e. The van der Waals surface area contributed by atoms with E-state index in [4.69, 9.17) is 0 Å². The molecule has 0 aliphatic carbocycles. The Labute approximate surface area is 72.7 Å². The van der Waals surface area contributed by atoms with E-state index in [1.165, 1.54) is 0 Å². The lowest BCUT2D eigenvalue weighted by atomic mass is 10.5. The highest BCUT2D eigenvalue weighted by Gasteiger charge is 2.06. The van der Waals surface area contributed by atoms with Crippen molar-refractivity contribution in [3.8, 4) is 0 Å². The van der Waals surface area contributed by atoms with Gasteiger partial charge in [0.2, 0.25) is 5.95 Å². The van der Waals surface area contributed by atoms with Gasteiger partial charge in [0.25, 0.3) is 0 Å². The monoisotopic (exact) mass is 271 g/mol. The number of halogens is 4. The molecule has 54 valence electrons. The van der Waals surface area contributed by atoms with Crippen LogP contribution < -0.4 is 0 Å². The second kappa shape index (κ2) is 2.92. The molecule has 0 unspecified atom stereocenters. The van der Waals surface area contributed by atoms with E-state index in [0.717, 1.165) is 6.07 Å². The van der Waals surface area contributed by atoms with E-state index in [-0.39, 0.29) is 4.60 Å². The molecule has 0 spiro atoms. The molecule has 0 aliphatic rings. The molecular formula is C5HBr2F2N. The van der Waals surface area contributed by atoms with Gasteiger partial charge in [-0.2, -0.15) is 4.39 Å². The van der Waals surface area contributed by atoms with Crippen molar-refractivity contribution in [2.45, 2.75) is 0 Å². The van der Waals surface area contributed by atoms with E-state index in [1.807, 2.05) is 0 Å². The van der Waals surface area contributed by atoms with Crippen molar-refractivity contribution in [2.75, 3.05) is 0 Å². The van der Waals surface area contributed by atoms with Gasteiger partial charge in [-0.3, -0.25) is 0 Å². The van der Waals surface area contributed by atoms with E-state index >= 15 is 0 Å². The SMILES string of the molecule is Fc1cc(Br)c(Br)nc1F. The van der Waals surface area contributed by atoms with Crippen molar-refractivity contribution < 1.29 is 8.78 Å². The lowest BCUT2D eigenvalue weighted by Crippen LogP contribution is -1.89. The van der Waals surface area contributed by atoms with E-state index in [2.05, 4.69) is 36.8 Å².